The monoisotopic (exact) mass is 456 g/mol. The average molecular weight is 457 g/mol. The molecule has 8 heteroatoms. The zero-order valence-electron chi connectivity index (χ0n) is 18.3. The molecule has 3 rings (SSSR count). The molecule has 1 atom stereocenters. The van der Waals surface area contributed by atoms with Gasteiger partial charge in [-0.3, -0.25) is 9.52 Å². The van der Waals surface area contributed by atoms with Gasteiger partial charge in [-0.25, -0.2) is 12.8 Å². The third-order valence-electron chi connectivity index (χ3n) is 5.26. The van der Waals surface area contributed by atoms with Crippen LogP contribution in [-0.2, 0) is 10.0 Å². The highest BCUT2D eigenvalue weighted by atomic mass is 32.2. The number of rotatable bonds is 7. The summed E-state index contributed by atoms with van der Waals surface area (Å²) in [6, 6.07) is 16.7. The van der Waals surface area contributed by atoms with E-state index in [1.165, 1.54) is 42.3 Å². The van der Waals surface area contributed by atoms with Gasteiger partial charge in [0.25, 0.3) is 15.9 Å². The van der Waals surface area contributed by atoms with E-state index in [0.717, 1.165) is 11.1 Å². The molecule has 3 aromatic carbocycles. The van der Waals surface area contributed by atoms with Crippen molar-refractivity contribution in [3.8, 4) is 5.75 Å². The summed E-state index contributed by atoms with van der Waals surface area (Å²) in [4.78, 5) is 14.4. The van der Waals surface area contributed by atoms with Crippen LogP contribution >= 0.6 is 0 Å². The number of sulfonamides is 1. The summed E-state index contributed by atoms with van der Waals surface area (Å²) in [6.45, 7) is 3.71. The number of carbonyl (C=O) groups is 1. The number of hydrogen-bond acceptors (Lipinski definition) is 4. The molecule has 0 aliphatic carbocycles. The number of carbonyl (C=O) groups excluding carboxylic acids is 1. The number of benzene rings is 3. The lowest BCUT2D eigenvalue weighted by atomic mass is 10.1. The van der Waals surface area contributed by atoms with Gasteiger partial charge in [-0.1, -0.05) is 29.8 Å². The fraction of sp³-hybridized carbons (Fsp3) is 0.208. The summed E-state index contributed by atoms with van der Waals surface area (Å²) in [5, 5.41) is 0. The molecule has 0 saturated heterocycles. The van der Waals surface area contributed by atoms with E-state index < -0.39 is 10.0 Å². The van der Waals surface area contributed by atoms with Gasteiger partial charge in [-0.2, -0.15) is 0 Å². The predicted octanol–water partition coefficient (Wildman–Crippen LogP) is 4.78. The Morgan fingerprint density at radius 1 is 1.03 bits per heavy atom. The number of ether oxygens (including phenoxy) is 1. The molecule has 1 N–H and O–H groups in total. The Bertz CT molecular complexity index is 1210. The maximum absolute atomic E-state index is 13.2. The van der Waals surface area contributed by atoms with Gasteiger partial charge < -0.3 is 9.64 Å². The van der Waals surface area contributed by atoms with Crippen molar-refractivity contribution < 1.29 is 22.3 Å². The van der Waals surface area contributed by atoms with Crippen molar-refractivity contribution in [2.75, 3.05) is 18.9 Å². The summed E-state index contributed by atoms with van der Waals surface area (Å²) in [6.07, 6.45) is 0. The third-order valence-corrected chi connectivity index (χ3v) is 6.66. The number of aryl methyl sites for hydroxylation is 1. The highest BCUT2D eigenvalue weighted by molar-refractivity contribution is 7.92. The first-order valence-electron chi connectivity index (χ1n) is 9.92. The van der Waals surface area contributed by atoms with Crippen molar-refractivity contribution in [1.82, 2.24) is 4.90 Å². The molecule has 0 spiro atoms. The average Bonchev–Trinajstić information content (AvgIpc) is 2.79. The second kappa shape index (κ2) is 9.40. The van der Waals surface area contributed by atoms with Crippen molar-refractivity contribution in [1.29, 1.82) is 0 Å². The van der Waals surface area contributed by atoms with Gasteiger partial charge in [0.2, 0.25) is 0 Å². The van der Waals surface area contributed by atoms with Crippen LogP contribution in [0, 0.1) is 12.7 Å². The van der Waals surface area contributed by atoms with E-state index in [4.69, 9.17) is 4.74 Å². The SMILES string of the molecule is COc1ccc(C(=O)N(C)C(C)c2ccc(F)cc2)cc1S(=O)(=O)Nc1ccc(C)cc1. The highest BCUT2D eigenvalue weighted by Crippen LogP contribution is 2.29. The number of nitrogens with one attached hydrogen (secondary N) is 1. The van der Waals surface area contributed by atoms with Crippen LogP contribution in [-0.4, -0.2) is 33.4 Å². The first-order valence-corrected chi connectivity index (χ1v) is 11.4. The van der Waals surface area contributed by atoms with Gasteiger partial charge in [0.15, 0.2) is 0 Å². The molecule has 0 heterocycles. The van der Waals surface area contributed by atoms with Crippen LogP contribution < -0.4 is 9.46 Å². The number of hydrogen-bond donors (Lipinski definition) is 1. The maximum atomic E-state index is 13.2. The minimum absolute atomic E-state index is 0.121. The second-order valence-electron chi connectivity index (χ2n) is 7.48. The molecule has 3 aromatic rings. The lowest BCUT2D eigenvalue weighted by Crippen LogP contribution is -2.30. The van der Waals surface area contributed by atoms with Crippen LogP contribution in [0.2, 0.25) is 0 Å². The van der Waals surface area contributed by atoms with E-state index in [1.807, 2.05) is 13.8 Å². The summed E-state index contributed by atoms with van der Waals surface area (Å²) in [5.74, 6) is -0.618. The van der Waals surface area contributed by atoms with Gasteiger partial charge in [0, 0.05) is 18.3 Å². The van der Waals surface area contributed by atoms with Gasteiger partial charge >= 0.3 is 0 Å². The Kier molecular flexibility index (Phi) is 6.84. The molecular weight excluding hydrogens is 431 g/mol. The molecule has 168 valence electrons. The van der Waals surface area contributed by atoms with Gasteiger partial charge in [0.1, 0.15) is 16.5 Å². The number of nitrogens with zero attached hydrogens (tertiary/aromatic N) is 1. The summed E-state index contributed by atoms with van der Waals surface area (Å²) >= 11 is 0. The van der Waals surface area contributed by atoms with Gasteiger partial charge in [-0.15, -0.1) is 0 Å². The largest absolute Gasteiger partial charge is 0.495 e. The van der Waals surface area contributed by atoms with Crippen LogP contribution in [0.25, 0.3) is 0 Å². The molecule has 0 radical (unpaired) electrons. The first kappa shape index (κ1) is 23.3. The van der Waals surface area contributed by atoms with E-state index in [1.54, 1.807) is 43.4 Å². The Balaban J connectivity index is 1.91. The second-order valence-corrected chi connectivity index (χ2v) is 9.13. The molecular formula is C24H25FN2O4S. The van der Waals surface area contributed by atoms with Crippen molar-refractivity contribution >= 4 is 21.6 Å². The van der Waals surface area contributed by atoms with E-state index in [0.29, 0.717) is 5.69 Å². The van der Waals surface area contributed by atoms with E-state index >= 15 is 0 Å². The minimum Gasteiger partial charge on any atom is -0.495 e. The lowest BCUT2D eigenvalue weighted by Gasteiger charge is -2.26. The molecule has 1 amide bonds. The standard InChI is InChI=1S/C24H25FN2O4S/c1-16-5-12-21(13-6-16)26-32(29,30)23-15-19(9-14-22(23)31-4)24(28)27(3)17(2)18-7-10-20(25)11-8-18/h5-15,17,26H,1-4H3. The minimum atomic E-state index is -4.02. The lowest BCUT2D eigenvalue weighted by molar-refractivity contribution is 0.0742. The van der Waals surface area contributed by atoms with Crippen LogP contribution in [0.5, 0.6) is 5.75 Å². The number of anilines is 1. The van der Waals surface area contributed by atoms with Crippen molar-refractivity contribution in [3.05, 3.63) is 89.2 Å². The maximum Gasteiger partial charge on any atom is 0.265 e. The molecule has 0 fully saturated rings. The first-order chi connectivity index (χ1) is 15.1. The van der Waals surface area contributed by atoms with Crippen LogP contribution in [0.3, 0.4) is 0 Å². The number of amides is 1. The molecule has 0 aliphatic heterocycles. The third kappa shape index (κ3) is 5.08. The van der Waals surface area contributed by atoms with Crippen LogP contribution in [0.4, 0.5) is 10.1 Å². The van der Waals surface area contributed by atoms with Gasteiger partial charge in [-0.05, 0) is 61.9 Å². The molecule has 0 aliphatic rings. The molecule has 6 nitrogen and oxygen atoms in total. The predicted molar refractivity (Wildman–Crippen MR) is 122 cm³/mol. The fourth-order valence-electron chi connectivity index (χ4n) is 3.20. The highest BCUT2D eigenvalue weighted by Gasteiger charge is 2.25. The fourth-order valence-corrected chi connectivity index (χ4v) is 4.45. The summed E-state index contributed by atoms with van der Waals surface area (Å²) < 4.78 is 47.1. The topological polar surface area (TPSA) is 75.7 Å². The van der Waals surface area contributed by atoms with Gasteiger partial charge in [0.05, 0.1) is 13.2 Å². The number of halogens is 1. The van der Waals surface area contributed by atoms with E-state index in [2.05, 4.69) is 4.72 Å². The normalized spacial score (nSPS) is 12.2. The van der Waals surface area contributed by atoms with Crippen LogP contribution in [0.15, 0.2) is 71.6 Å². The molecule has 0 aromatic heterocycles. The Labute approximate surface area is 187 Å². The zero-order chi connectivity index (χ0) is 23.5. The zero-order valence-corrected chi connectivity index (χ0v) is 19.1. The van der Waals surface area contributed by atoms with Crippen LogP contribution in [0.1, 0.15) is 34.5 Å². The summed E-state index contributed by atoms with van der Waals surface area (Å²) in [5.41, 5.74) is 2.34. The molecule has 0 bridgehead atoms. The Morgan fingerprint density at radius 2 is 1.66 bits per heavy atom. The molecule has 1 unspecified atom stereocenters. The van der Waals surface area contributed by atoms with Crippen molar-refractivity contribution in [3.63, 3.8) is 0 Å². The van der Waals surface area contributed by atoms with E-state index in [-0.39, 0.29) is 34.0 Å². The Hall–Kier alpha value is -3.39. The van der Waals surface area contributed by atoms with Crippen molar-refractivity contribution in [2.24, 2.45) is 0 Å². The quantitative estimate of drug-likeness (QED) is 0.555. The smallest absolute Gasteiger partial charge is 0.265 e. The summed E-state index contributed by atoms with van der Waals surface area (Å²) in [7, 11) is -1.04. The van der Waals surface area contributed by atoms with E-state index in [9.17, 15) is 17.6 Å². The molecule has 0 saturated carbocycles. The van der Waals surface area contributed by atoms with Crippen molar-refractivity contribution in [2.45, 2.75) is 24.8 Å². The molecule has 32 heavy (non-hydrogen) atoms. The Morgan fingerprint density at radius 3 is 2.25 bits per heavy atom. The number of methoxy groups -OCH3 is 1.